The lowest BCUT2D eigenvalue weighted by Gasteiger charge is -2.44. The number of nitrogens with two attached hydrogens (primary N) is 2. The van der Waals surface area contributed by atoms with Crippen molar-refractivity contribution in [2.24, 2.45) is 22.6 Å². The number of amides is 1. The Balaban J connectivity index is 2.02. The van der Waals surface area contributed by atoms with Crippen molar-refractivity contribution < 1.29 is 4.79 Å². The molecule has 0 radical (unpaired) electrons. The van der Waals surface area contributed by atoms with Crippen LogP contribution in [0.25, 0.3) is 0 Å². The van der Waals surface area contributed by atoms with Crippen molar-refractivity contribution in [3.63, 3.8) is 0 Å². The third-order valence-electron chi connectivity index (χ3n) is 6.12. The highest BCUT2D eigenvalue weighted by atomic mass is 32.1. The molecule has 2 rings (SSSR count). The lowest BCUT2D eigenvalue weighted by Crippen LogP contribution is -2.53. The predicted octanol–water partition coefficient (Wildman–Crippen LogP) is 2.57. The van der Waals surface area contributed by atoms with E-state index < -0.39 is 0 Å². The normalized spacial score (nSPS) is 18.0. The number of likely N-dealkylation sites (tertiary alicyclic amines) is 1. The van der Waals surface area contributed by atoms with Crippen LogP contribution in [0.3, 0.4) is 0 Å². The average Bonchev–Trinajstić information content (AvgIpc) is 3.24. The second-order valence-corrected chi connectivity index (χ2v) is 10.2. The molecule has 0 spiro atoms. The maximum absolute atomic E-state index is 12.4. The summed E-state index contributed by atoms with van der Waals surface area (Å²) in [6.45, 7) is 9.53. The van der Waals surface area contributed by atoms with Gasteiger partial charge in [0.15, 0.2) is 0 Å². The molecule has 3 unspecified atom stereocenters. The van der Waals surface area contributed by atoms with Gasteiger partial charge in [-0.2, -0.15) is 10.4 Å². The molecule has 7 N–H and O–H groups in total. The van der Waals surface area contributed by atoms with Crippen LogP contribution >= 0.6 is 11.3 Å². The quantitative estimate of drug-likeness (QED) is 0.139. The summed E-state index contributed by atoms with van der Waals surface area (Å²) in [5.41, 5.74) is 5.60. The van der Waals surface area contributed by atoms with Gasteiger partial charge in [0.2, 0.25) is 5.91 Å². The monoisotopic (exact) mass is 487 g/mol. The van der Waals surface area contributed by atoms with Gasteiger partial charge in [-0.3, -0.25) is 15.6 Å². The number of thiophene rings is 1. The van der Waals surface area contributed by atoms with E-state index in [2.05, 4.69) is 28.3 Å². The second-order valence-electron chi connectivity index (χ2n) is 9.08. The minimum Gasteiger partial charge on any atom is -0.385 e. The zero-order valence-electron chi connectivity index (χ0n) is 20.5. The van der Waals surface area contributed by atoms with E-state index >= 15 is 0 Å². The Morgan fingerprint density at radius 3 is 2.62 bits per heavy atom. The first kappa shape index (κ1) is 27.3. The van der Waals surface area contributed by atoms with E-state index in [1.54, 1.807) is 13.0 Å². The zero-order valence-corrected chi connectivity index (χ0v) is 21.3. The number of hydrogen-bond donors (Lipinski definition) is 5. The summed E-state index contributed by atoms with van der Waals surface area (Å²) in [5, 5.41) is 32.1. The van der Waals surface area contributed by atoms with Crippen molar-refractivity contribution in [3.05, 3.63) is 21.9 Å². The van der Waals surface area contributed by atoms with Crippen LogP contribution in [-0.2, 0) is 4.79 Å². The van der Waals surface area contributed by atoms with E-state index in [-0.39, 0.29) is 36.2 Å². The van der Waals surface area contributed by atoms with Crippen molar-refractivity contribution >= 4 is 34.8 Å². The van der Waals surface area contributed by atoms with Crippen molar-refractivity contribution in [2.45, 2.75) is 71.5 Å². The lowest BCUT2D eigenvalue weighted by atomic mass is 9.94. The second kappa shape index (κ2) is 12.5. The maximum Gasteiger partial charge on any atom is 0.228 e. The van der Waals surface area contributed by atoms with Gasteiger partial charge < -0.3 is 26.7 Å². The molecule has 10 nitrogen and oxygen atoms in total. The van der Waals surface area contributed by atoms with Crippen LogP contribution in [-0.4, -0.2) is 58.4 Å². The lowest BCUT2D eigenvalue weighted by molar-refractivity contribution is -0.120. The highest BCUT2D eigenvalue weighted by molar-refractivity contribution is 7.12. The van der Waals surface area contributed by atoms with Gasteiger partial charge in [0, 0.05) is 29.4 Å². The minimum absolute atomic E-state index is 0.0599. The summed E-state index contributed by atoms with van der Waals surface area (Å²) in [6, 6.07) is 5.99. The zero-order chi connectivity index (χ0) is 25.4. The van der Waals surface area contributed by atoms with Gasteiger partial charge in [0.1, 0.15) is 22.6 Å². The molecule has 34 heavy (non-hydrogen) atoms. The van der Waals surface area contributed by atoms with Crippen LogP contribution < -0.4 is 16.9 Å². The number of carbonyl (C=O) groups excluding carboxylic acids is 1. The van der Waals surface area contributed by atoms with E-state index in [1.165, 1.54) is 11.3 Å². The molecule has 1 aromatic heterocycles. The molecule has 11 heteroatoms. The molecule has 2 heterocycles. The van der Waals surface area contributed by atoms with Crippen molar-refractivity contribution in [1.29, 1.82) is 16.1 Å². The fourth-order valence-electron chi connectivity index (χ4n) is 4.22. The number of nitrogens with zero attached hydrogens (tertiary/aromatic N) is 4. The topological polar surface area (TPSA) is 171 Å². The van der Waals surface area contributed by atoms with Gasteiger partial charge in [-0.1, -0.05) is 13.8 Å². The van der Waals surface area contributed by atoms with Crippen LogP contribution in [0.1, 0.15) is 69.2 Å². The molecule has 0 aromatic carbocycles. The summed E-state index contributed by atoms with van der Waals surface area (Å²) >= 11 is 1.37. The number of nitrogens with one attached hydrogen (secondary N) is 3. The summed E-state index contributed by atoms with van der Waals surface area (Å²) in [6.07, 6.45) is 2.55. The number of nitriles is 1. The van der Waals surface area contributed by atoms with E-state index in [4.69, 9.17) is 22.4 Å². The summed E-state index contributed by atoms with van der Waals surface area (Å²) in [4.78, 5) is 18.2. The first-order chi connectivity index (χ1) is 16.1. The van der Waals surface area contributed by atoms with Crippen molar-refractivity contribution in [1.82, 2.24) is 15.1 Å². The van der Waals surface area contributed by atoms with Gasteiger partial charge in [-0.25, -0.2) is 0 Å². The van der Waals surface area contributed by atoms with Crippen LogP contribution in [0.5, 0.6) is 0 Å². The first-order valence-corrected chi connectivity index (χ1v) is 12.4. The third kappa shape index (κ3) is 7.27. The molecule has 186 valence electrons. The maximum atomic E-state index is 12.4. The van der Waals surface area contributed by atoms with Crippen LogP contribution in [0.4, 0.5) is 0 Å². The first-order valence-electron chi connectivity index (χ1n) is 11.6. The number of amidine groups is 3. The van der Waals surface area contributed by atoms with Gasteiger partial charge in [0.25, 0.3) is 0 Å². The molecule has 1 saturated heterocycles. The number of carbonyl (C=O) groups is 1. The van der Waals surface area contributed by atoms with Gasteiger partial charge in [-0.05, 0) is 51.8 Å². The van der Waals surface area contributed by atoms with Crippen LogP contribution in [0.15, 0.2) is 17.2 Å². The number of hydrazone groups is 1. The highest BCUT2D eigenvalue weighted by Crippen LogP contribution is 2.29. The molecule has 1 aliphatic rings. The Morgan fingerprint density at radius 1 is 1.41 bits per heavy atom. The molecule has 1 amide bonds. The standard InChI is InChI=1S/C23H37N9OS/c1-14(2)23(27)32(16(4)25)15(3)11-17-7-9-31(17)10-8-19(20-6-5-18(13-24)34-20)29-22(33)12-21(26)30-28/h5-6,14-15,17,19,25,27H,7-12,28H2,1-4H3,(H2,26,30)(H,29,33). The Kier molecular flexibility index (Phi) is 10.0. The Labute approximate surface area is 206 Å². The summed E-state index contributed by atoms with van der Waals surface area (Å²) in [5.74, 6) is 5.88. The van der Waals surface area contributed by atoms with Gasteiger partial charge in [-0.15, -0.1) is 11.3 Å². The Bertz CT molecular complexity index is 948. The molecule has 1 aromatic rings. The molecule has 3 atom stereocenters. The van der Waals surface area contributed by atoms with E-state index in [0.29, 0.717) is 29.0 Å². The Morgan fingerprint density at radius 2 is 2.12 bits per heavy atom. The molecule has 1 aliphatic heterocycles. The largest absolute Gasteiger partial charge is 0.385 e. The van der Waals surface area contributed by atoms with Crippen molar-refractivity contribution in [3.8, 4) is 6.07 Å². The van der Waals surface area contributed by atoms with Crippen LogP contribution in [0.2, 0.25) is 0 Å². The summed E-state index contributed by atoms with van der Waals surface area (Å²) < 4.78 is 0. The molecule has 1 fully saturated rings. The van der Waals surface area contributed by atoms with Crippen LogP contribution in [0, 0.1) is 28.1 Å². The fraction of sp³-hybridized carbons (Fsp3) is 0.609. The predicted molar refractivity (Wildman–Crippen MR) is 137 cm³/mol. The number of rotatable bonds is 11. The number of hydrogen-bond acceptors (Lipinski definition) is 8. The fourth-order valence-corrected chi connectivity index (χ4v) is 5.11. The third-order valence-corrected chi connectivity index (χ3v) is 7.22. The van der Waals surface area contributed by atoms with E-state index in [1.807, 2.05) is 24.8 Å². The van der Waals surface area contributed by atoms with Gasteiger partial charge in [0.05, 0.1) is 18.3 Å². The molecular formula is C23H37N9OS. The summed E-state index contributed by atoms with van der Waals surface area (Å²) in [7, 11) is 0. The molecule has 0 aliphatic carbocycles. The SMILES string of the molecule is CC(=N)N(C(=N)C(C)C)C(C)CC1CCN1CCC(NC(=O)C/C(N)=N/N)c1ccc(C#N)s1. The van der Waals surface area contributed by atoms with E-state index in [0.717, 1.165) is 30.8 Å². The Hall–Kier alpha value is -2.97. The van der Waals surface area contributed by atoms with E-state index in [9.17, 15) is 10.1 Å². The minimum atomic E-state index is -0.262. The smallest absolute Gasteiger partial charge is 0.228 e. The van der Waals surface area contributed by atoms with Gasteiger partial charge >= 0.3 is 0 Å². The molecule has 0 bridgehead atoms. The van der Waals surface area contributed by atoms with Crippen molar-refractivity contribution in [2.75, 3.05) is 13.1 Å². The highest BCUT2D eigenvalue weighted by Gasteiger charge is 2.32. The average molecular weight is 488 g/mol. The molecular weight excluding hydrogens is 450 g/mol. The molecule has 0 saturated carbocycles.